The number of unbranched alkanes of at least 4 members (excludes halogenated alkanes) is 1. The standard InChI is InChI=1S/C17H23N3O2S/c1-4-5-10-20(3)15(21)11-22-14-8-6-13(7-9-14)16-12(2)23-17(18)19-16/h6-9H,4-5,10-11H2,1-3H3,(H2,18,19). The highest BCUT2D eigenvalue weighted by atomic mass is 32.1. The molecular weight excluding hydrogens is 310 g/mol. The molecule has 1 heterocycles. The lowest BCUT2D eigenvalue weighted by Gasteiger charge is -2.17. The molecular formula is C17H23N3O2S. The van der Waals surface area contributed by atoms with Gasteiger partial charge >= 0.3 is 0 Å². The zero-order valence-electron chi connectivity index (χ0n) is 13.8. The average molecular weight is 333 g/mol. The van der Waals surface area contributed by atoms with Gasteiger partial charge in [0, 0.05) is 24.0 Å². The van der Waals surface area contributed by atoms with Crippen molar-refractivity contribution in [3.05, 3.63) is 29.1 Å². The molecule has 0 radical (unpaired) electrons. The Hall–Kier alpha value is -2.08. The van der Waals surface area contributed by atoms with Crippen LogP contribution in [0.2, 0.25) is 0 Å². The fourth-order valence-corrected chi connectivity index (χ4v) is 2.88. The fourth-order valence-electron chi connectivity index (χ4n) is 2.17. The Morgan fingerprint density at radius 2 is 2.04 bits per heavy atom. The van der Waals surface area contributed by atoms with Crippen molar-refractivity contribution in [2.45, 2.75) is 26.7 Å². The Balaban J connectivity index is 1.93. The molecule has 0 fully saturated rings. The number of aromatic nitrogens is 1. The maximum absolute atomic E-state index is 11.9. The molecule has 0 unspecified atom stereocenters. The normalized spacial score (nSPS) is 10.6. The molecule has 1 aromatic carbocycles. The van der Waals surface area contributed by atoms with Gasteiger partial charge in [-0.25, -0.2) is 4.98 Å². The molecule has 2 aromatic rings. The van der Waals surface area contributed by atoms with Crippen molar-refractivity contribution in [3.63, 3.8) is 0 Å². The molecule has 0 saturated heterocycles. The van der Waals surface area contributed by atoms with Gasteiger partial charge in [0.25, 0.3) is 5.91 Å². The number of ether oxygens (including phenoxy) is 1. The summed E-state index contributed by atoms with van der Waals surface area (Å²) in [6.45, 7) is 4.93. The Morgan fingerprint density at radius 3 is 2.61 bits per heavy atom. The van der Waals surface area contributed by atoms with Crippen LogP contribution < -0.4 is 10.5 Å². The number of rotatable bonds is 7. The highest BCUT2D eigenvalue weighted by Crippen LogP contribution is 2.29. The zero-order valence-corrected chi connectivity index (χ0v) is 14.7. The summed E-state index contributed by atoms with van der Waals surface area (Å²) in [7, 11) is 1.81. The quantitative estimate of drug-likeness (QED) is 0.844. The molecule has 0 atom stereocenters. The average Bonchev–Trinajstić information content (AvgIpc) is 2.89. The van der Waals surface area contributed by atoms with E-state index in [9.17, 15) is 4.79 Å². The molecule has 0 aliphatic rings. The van der Waals surface area contributed by atoms with Crippen molar-refractivity contribution in [2.75, 3.05) is 25.9 Å². The number of benzene rings is 1. The monoisotopic (exact) mass is 333 g/mol. The van der Waals surface area contributed by atoms with Crippen LogP contribution in [0.5, 0.6) is 5.75 Å². The topological polar surface area (TPSA) is 68.5 Å². The third-order valence-corrected chi connectivity index (χ3v) is 4.38. The summed E-state index contributed by atoms with van der Waals surface area (Å²) in [5.74, 6) is 0.664. The maximum Gasteiger partial charge on any atom is 0.260 e. The molecule has 124 valence electrons. The summed E-state index contributed by atoms with van der Waals surface area (Å²) in [6, 6.07) is 7.57. The van der Waals surface area contributed by atoms with Gasteiger partial charge in [-0.2, -0.15) is 0 Å². The predicted molar refractivity (Wildman–Crippen MR) is 94.7 cm³/mol. The molecule has 0 bridgehead atoms. The number of nitrogen functional groups attached to an aromatic ring is 1. The molecule has 6 heteroatoms. The van der Waals surface area contributed by atoms with Crippen LogP contribution in [0, 0.1) is 6.92 Å². The first-order chi connectivity index (χ1) is 11.0. The van der Waals surface area contributed by atoms with Gasteiger partial charge in [-0.3, -0.25) is 4.79 Å². The number of likely N-dealkylation sites (N-methyl/N-ethyl adjacent to an activating group) is 1. The number of carbonyl (C=O) groups is 1. The second-order valence-corrected chi connectivity index (χ2v) is 6.67. The van der Waals surface area contributed by atoms with Gasteiger partial charge < -0.3 is 15.4 Å². The molecule has 0 spiro atoms. The largest absolute Gasteiger partial charge is 0.484 e. The number of hydrogen-bond acceptors (Lipinski definition) is 5. The number of anilines is 1. The molecule has 0 aliphatic heterocycles. The van der Waals surface area contributed by atoms with E-state index >= 15 is 0 Å². The molecule has 0 saturated carbocycles. The molecule has 2 rings (SSSR count). The summed E-state index contributed by atoms with van der Waals surface area (Å²) < 4.78 is 5.56. The molecule has 2 N–H and O–H groups in total. The van der Waals surface area contributed by atoms with Crippen molar-refractivity contribution in [2.24, 2.45) is 0 Å². The van der Waals surface area contributed by atoms with E-state index in [4.69, 9.17) is 10.5 Å². The van der Waals surface area contributed by atoms with Crippen molar-refractivity contribution in [1.29, 1.82) is 0 Å². The van der Waals surface area contributed by atoms with Gasteiger partial charge in [-0.05, 0) is 37.6 Å². The van der Waals surface area contributed by atoms with E-state index < -0.39 is 0 Å². The van der Waals surface area contributed by atoms with Crippen molar-refractivity contribution < 1.29 is 9.53 Å². The predicted octanol–water partition coefficient (Wildman–Crippen LogP) is 3.34. The minimum Gasteiger partial charge on any atom is -0.484 e. The fraction of sp³-hybridized carbons (Fsp3) is 0.412. The first-order valence-corrected chi connectivity index (χ1v) is 8.53. The number of hydrogen-bond donors (Lipinski definition) is 1. The lowest BCUT2D eigenvalue weighted by atomic mass is 10.1. The number of aryl methyl sites for hydroxylation is 1. The minimum atomic E-state index is -0.00866. The first kappa shape index (κ1) is 17.3. The van der Waals surface area contributed by atoms with E-state index in [1.165, 1.54) is 11.3 Å². The summed E-state index contributed by atoms with van der Waals surface area (Å²) in [6.07, 6.45) is 2.08. The van der Waals surface area contributed by atoms with Gasteiger partial charge in [0.05, 0.1) is 5.69 Å². The van der Waals surface area contributed by atoms with Crippen LogP contribution in [-0.4, -0.2) is 36.0 Å². The van der Waals surface area contributed by atoms with Crippen molar-refractivity contribution >= 4 is 22.4 Å². The van der Waals surface area contributed by atoms with Crippen LogP contribution in [0.1, 0.15) is 24.6 Å². The van der Waals surface area contributed by atoms with Gasteiger partial charge in [0.15, 0.2) is 11.7 Å². The lowest BCUT2D eigenvalue weighted by molar-refractivity contribution is -0.132. The molecule has 1 amide bonds. The number of nitrogens with zero attached hydrogens (tertiary/aromatic N) is 2. The minimum absolute atomic E-state index is 0.00866. The second kappa shape index (κ2) is 7.97. The summed E-state index contributed by atoms with van der Waals surface area (Å²) in [5.41, 5.74) is 7.62. The summed E-state index contributed by atoms with van der Waals surface area (Å²) in [4.78, 5) is 19.1. The van der Waals surface area contributed by atoms with E-state index in [-0.39, 0.29) is 12.5 Å². The van der Waals surface area contributed by atoms with Gasteiger partial charge in [0.2, 0.25) is 0 Å². The second-order valence-electron chi connectivity index (χ2n) is 5.44. The van der Waals surface area contributed by atoms with Crippen molar-refractivity contribution in [3.8, 4) is 17.0 Å². The van der Waals surface area contributed by atoms with Crippen LogP contribution >= 0.6 is 11.3 Å². The van der Waals surface area contributed by atoms with Gasteiger partial charge in [-0.15, -0.1) is 11.3 Å². The number of nitrogens with two attached hydrogens (primary N) is 1. The van der Waals surface area contributed by atoms with E-state index in [0.29, 0.717) is 10.9 Å². The summed E-state index contributed by atoms with van der Waals surface area (Å²) in [5, 5.41) is 0.568. The van der Waals surface area contributed by atoms with E-state index in [0.717, 1.165) is 35.5 Å². The maximum atomic E-state index is 11.9. The smallest absolute Gasteiger partial charge is 0.260 e. The summed E-state index contributed by atoms with van der Waals surface area (Å²) >= 11 is 1.48. The van der Waals surface area contributed by atoms with E-state index in [1.54, 1.807) is 11.9 Å². The zero-order chi connectivity index (χ0) is 16.8. The number of carbonyl (C=O) groups excluding carboxylic acids is 1. The highest BCUT2D eigenvalue weighted by molar-refractivity contribution is 7.15. The molecule has 0 aliphatic carbocycles. The molecule has 23 heavy (non-hydrogen) atoms. The third kappa shape index (κ3) is 4.69. The van der Waals surface area contributed by atoms with Crippen LogP contribution in [0.25, 0.3) is 11.3 Å². The van der Waals surface area contributed by atoms with Crippen LogP contribution in [0.15, 0.2) is 24.3 Å². The number of amides is 1. The van der Waals surface area contributed by atoms with Crippen molar-refractivity contribution in [1.82, 2.24) is 9.88 Å². The SMILES string of the molecule is CCCCN(C)C(=O)COc1ccc(-c2nc(N)sc2C)cc1. The molecule has 5 nitrogen and oxygen atoms in total. The number of thiazole rings is 1. The van der Waals surface area contributed by atoms with Gasteiger partial charge in [-0.1, -0.05) is 13.3 Å². The Labute approximate surface area is 141 Å². The lowest BCUT2D eigenvalue weighted by Crippen LogP contribution is -2.32. The van der Waals surface area contributed by atoms with Crippen LogP contribution in [0.4, 0.5) is 5.13 Å². The van der Waals surface area contributed by atoms with Crippen LogP contribution in [0.3, 0.4) is 0 Å². The van der Waals surface area contributed by atoms with E-state index in [1.807, 2.05) is 31.2 Å². The van der Waals surface area contributed by atoms with Crippen LogP contribution in [-0.2, 0) is 4.79 Å². The Kier molecular flexibility index (Phi) is 5.98. The third-order valence-electron chi connectivity index (χ3n) is 3.58. The van der Waals surface area contributed by atoms with Gasteiger partial charge in [0.1, 0.15) is 5.75 Å². The highest BCUT2D eigenvalue weighted by Gasteiger charge is 2.10. The Bertz CT molecular complexity index is 652. The Morgan fingerprint density at radius 1 is 1.35 bits per heavy atom. The first-order valence-electron chi connectivity index (χ1n) is 7.71. The van der Waals surface area contributed by atoms with E-state index in [2.05, 4.69) is 11.9 Å². The molecule has 1 aromatic heterocycles.